The largest absolute Gasteiger partial charge is 0.487 e. The van der Waals surface area contributed by atoms with Gasteiger partial charge in [-0.15, -0.1) is 11.8 Å². The first-order valence-corrected chi connectivity index (χ1v) is 11.3. The molecule has 0 N–H and O–H groups in total. The van der Waals surface area contributed by atoms with Crippen molar-refractivity contribution in [1.82, 2.24) is 9.55 Å². The molecule has 1 aliphatic heterocycles. The fraction of sp³-hybridized carbons (Fsp3) is 0.200. The molecular formula is C25H22N2O3S. The smallest absolute Gasteiger partial charge is 0.325 e. The van der Waals surface area contributed by atoms with E-state index in [0.29, 0.717) is 13.2 Å². The first kappa shape index (κ1) is 19.7. The lowest BCUT2D eigenvalue weighted by atomic mass is 10.2. The van der Waals surface area contributed by atoms with Gasteiger partial charge in [-0.3, -0.25) is 4.79 Å². The van der Waals surface area contributed by atoms with Crippen LogP contribution in [-0.2, 0) is 22.7 Å². The highest BCUT2D eigenvalue weighted by Gasteiger charge is 2.20. The van der Waals surface area contributed by atoms with E-state index in [2.05, 4.69) is 35.3 Å². The zero-order valence-electron chi connectivity index (χ0n) is 17.2. The number of esters is 1. The van der Waals surface area contributed by atoms with E-state index in [9.17, 15) is 4.79 Å². The number of carbonyl (C=O) groups excluding carboxylic acids is 1. The van der Waals surface area contributed by atoms with E-state index in [-0.39, 0.29) is 12.5 Å². The van der Waals surface area contributed by atoms with Crippen molar-refractivity contribution in [2.75, 3.05) is 12.4 Å². The molecule has 31 heavy (non-hydrogen) atoms. The van der Waals surface area contributed by atoms with Crippen LogP contribution in [0.25, 0.3) is 27.9 Å². The number of fused-ring (bicyclic) bond motifs is 4. The standard InChI is InChI=1S/C25H22N2O3S/c1-2-29-24(28)15-27-22-12-11-19(14-20(22)25-23(27)8-5-13-31-25)30-16-18-10-9-17-6-3-4-7-21(17)26-18/h3-12,14H,2,13,15-16H2,1H3. The third-order valence-electron chi connectivity index (χ3n) is 5.26. The topological polar surface area (TPSA) is 53.4 Å². The van der Waals surface area contributed by atoms with Gasteiger partial charge < -0.3 is 14.0 Å². The average Bonchev–Trinajstić information content (AvgIpc) is 3.11. The molecule has 4 aromatic rings. The quantitative estimate of drug-likeness (QED) is 0.381. The maximum Gasteiger partial charge on any atom is 0.325 e. The minimum atomic E-state index is -0.228. The molecule has 0 amide bonds. The molecule has 5 rings (SSSR count). The Morgan fingerprint density at radius 2 is 2.06 bits per heavy atom. The molecule has 6 heteroatoms. The Morgan fingerprint density at radius 3 is 2.97 bits per heavy atom. The molecule has 0 radical (unpaired) electrons. The van der Waals surface area contributed by atoms with Crippen LogP contribution in [0.5, 0.6) is 5.75 Å². The van der Waals surface area contributed by atoms with Crippen molar-refractivity contribution in [3.8, 4) is 5.75 Å². The molecule has 2 aromatic carbocycles. The van der Waals surface area contributed by atoms with Gasteiger partial charge in [-0.2, -0.15) is 0 Å². The van der Waals surface area contributed by atoms with Gasteiger partial charge >= 0.3 is 5.97 Å². The zero-order chi connectivity index (χ0) is 21.2. The Balaban J connectivity index is 1.44. The number of hydrogen-bond donors (Lipinski definition) is 0. The van der Waals surface area contributed by atoms with Gasteiger partial charge in [0, 0.05) is 21.4 Å². The monoisotopic (exact) mass is 430 g/mol. The van der Waals surface area contributed by atoms with Crippen molar-refractivity contribution in [2.24, 2.45) is 0 Å². The van der Waals surface area contributed by atoms with E-state index in [1.807, 2.05) is 47.9 Å². The molecule has 0 bridgehead atoms. The Hall–Kier alpha value is -3.25. The van der Waals surface area contributed by atoms with Crippen LogP contribution in [0.3, 0.4) is 0 Å². The number of ether oxygens (including phenoxy) is 2. The van der Waals surface area contributed by atoms with Gasteiger partial charge in [0.05, 0.1) is 29.0 Å². The van der Waals surface area contributed by atoms with Crippen LogP contribution in [-0.4, -0.2) is 27.9 Å². The minimum absolute atomic E-state index is 0.200. The van der Waals surface area contributed by atoms with Gasteiger partial charge in [0.2, 0.25) is 0 Å². The Morgan fingerprint density at radius 1 is 1.16 bits per heavy atom. The SMILES string of the molecule is CCOC(=O)Cn1c2c(c3cc(OCc4ccc5ccccc5n4)ccc31)SCC=C2. The molecular weight excluding hydrogens is 408 g/mol. The Labute approximate surface area is 184 Å². The second kappa shape index (κ2) is 8.47. The van der Waals surface area contributed by atoms with Gasteiger partial charge in [-0.1, -0.05) is 30.3 Å². The van der Waals surface area contributed by atoms with E-state index >= 15 is 0 Å². The highest BCUT2D eigenvalue weighted by Crippen LogP contribution is 2.39. The molecule has 0 spiro atoms. The summed E-state index contributed by atoms with van der Waals surface area (Å²) in [7, 11) is 0. The molecule has 0 aliphatic carbocycles. The van der Waals surface area contributed by atoms with E-state index in [0.717, 1.165) is 44.7 Å². The number of benzene rings is 2. The number of hydrogen-bond acceptors (Lipinski definition) is 5. The average molecular weight is 431 g/mol. The van der Waals surface area contributed by atoms with E-state index < -0.39 is 0 Å². The third kappa shape index (κ3) is 3.91. The Kier molecular flexibility index (Phi) is 5.38. The van der Waals surface area contributed by atoms with Crippen molar-refractivity contribution >= 4 is 45.6 Å². The zero-order valence-corrected chi connectivity index (χ0v) is 18.0. The second-order valence-corrected chi connectivity index (χ2v) is 8.31. The van der Waals surface area contributed by atoms with Gasteiger partial charge in [-0.05, 0) is 43.3 Å². The summed E-state index contributed by atoms with van der Waals surface area (Å²) < 4.78 is 13.3. The summed E-state index contributed by atoms with van der Waals surface area (Å²) in [5, 5.41) is 2.21. The van der Waals surface area contributed by atoms with Crippen molar-refractivity contribution in [2.45, 2.75) is 25.0 Å². The van der Waals surface area contributed by atoms with Crippen molar-refractivity contribution in [3.63, 3.8) is 0 Å². The molecule has 2 aromatic heterocycles. The second-order valence-electron chi connectivity index (χ2n) is 7.28. The van der Waals surface area contributed by atoms with Crippen LogP contribution in [0.15, 0.2) is 65.6 Å². The number of nitrogens with zero attached hydrogens (tertiary/aromatic N) is 2. The molecule has 0 saturated heterocycles. The number of rotatable bonds is 6. The van der Waals surface area contributed by atoms with E-state index in [4.69, 9.17) is 9.47 Å². The summed E-state index contributed by atoms with van der Waals surface area (Å²) in [5.41, 5.74) is 3.91. The maximum atomic E-state index is 12.2. The van der Waals surface area contributed by atoms with E-state index in [1.54, 1.807) is 11.8 Å². The third-order valence-corrected chi connectivity index (χ3v) is 6.34. The lowest BCUT2D eigenvalue weighted by Crippen LogP contribution is -2.14. The minimum Gasteiger partial charge on any atom is -0.487 e. The summed E-state index contributed by atoms with van der Waals surface area (Å²) >= 11 is 1.78. The Bertz CT molecular complexity index is 1310. The molecule has 0 atom stereocenters. The number of para-hydroxylation sites is 1. The molecule has 1 aliphatic rings. The van der Waals surface area contributed by atoms with Crippen LogP contribution in [0.2, 0.25) is 0 Å². The molecule has 3 heterocycles. The fourth-order valence-corrected chi connectivity index (χ4v) is 4.88. The fourth-order valence-electron chi connectivity index (χ4n) is 3.87. The van der Waals surface area contributed by atoms with Gasteiger partial charge in [0.1, 0.15) is 18.9 Å². The molecule has 0 saturated carbocycles. The highest BCUT2D eigenvalue weighted by molar-refractivity contribution is 7.99. The maximum absolute atomic E-state index is 12.2. The number of pyridine rings is 1. The summed E-state index contributed by atoms with van der Waals surface area (Å²) in [6.07, 6.45) is 4.21. The van der Waals surface area contributed by atoms with Gasteiger partial charge in [-0.25, -0.2) is 4.98 Å². The highest BCUT2D eigenvalue weighted by atomic mass is 32.2. The normalized spacial score (nSPS) is 12.8. The molecule has 0 fully saturated rings. The first-order chi connectivity index (χ1) is 15.2. The summed E-state index contributed by atoms with van der Waals surface area (Å²) in [6, 6.07) is 18.2. The lowest BCUT2D eigenvalue weighted by molar-refractivity contribution is -0.143. The molecule has 5 nitrogen and oxygen atoms in total. The lowest BCUT2D eigenvalue weighted by Gasteiger charge is -2.10. The number of thioether (sulfide) groups is 1. The van der Waals surface area contributed by atoms with Crippen molar-refractivity contribution < 1.29 is 14.3 Å². The van der Waals surface area contributed by atoms with Crippen LogP contribution in [0, 0.1) is 0 Å². The molecule has 156 valence electrons. The summed E-state index contributed by atoms with van der Waals surface area (Å²) in [6.45, 7) is 2.80. The summed E-state index contributed by atoms with van der Waals surface area (Å²) in [4.78, 5) is 18.0. The van der Waals surface area contributed by atoms with Crippen LogP contribution < -0.4 is 4.74 Å². The van der Waals surface area contributed by atoms with Gasteiger partial charge in [0.15, 0.2) is 0 Å². The first-order valence-electron chi connectivity index (χ1n) is 10.3. The number of aromatic nitrogens is 2. The van der Waals surface area contributed by atoms with Crippen LogP contribution in [0.4, 0.5) is 0 Å². The van der Waals surface area contributed by atoms with Crippen molar-refractivity contribution in [3.05, 3.63) is 72.1 Å². The summed E-state index contributed by atoms with van der Waals surface area (Å²) in [5.74, 6) is 1.47. The van der Waals surface area contributed by atoms with Crippen LogP contribution >= 0.6 is 11.8 Å². The van der Waals surface area contributed by atoms with Crippen LogP contribution in [0.1, 0.15) is 18.3 Å². The number of carbonyl (C=O) groups is 1. The van der Waals surface area contributed by atoms with E-state index in [1.165, 1.54) is 4.90 Å². The van der Waals surface area contributed by atoms with Gasteiger partial charge in [0.25, 0.3) is 0 Å². The molecule has 0 unspecified atom stereocenters. The predicted molar refractivity (Wildman–Crippen MR) is 124 cm³/mol. The predicted octanol–water partition coefficient (Wildman–Crippen LogP) is 5.45. The van der Waals surface area contributed by atoms with Crippen molar-refractivity contribution in [1.29, 1.82) is 0 Å².